The Bertz CT molecular complexity index is 310. The topological polar surface area (TPSA) is 38.3 Å². The van der Waals surface area contributed by atoms with Crippen molar-refractivity contribution in [3.05, 3.63) is 42.1 Å². The first-order valence-electron chi connectivity index (χ1n) is 4.13. The molecule has 0 spiro atoms. The van der Waals surface area contributed by atoms with E-state index in [1.807, 2.05) is 30.3 Å². The molecular formula is C10H10NO2-. The highest BCUT2D eigenvalue weighted by Gasteiger charge is 2.22. The van der Waals surface area contributed by atoms with Gasteiger partial charge in [0.1, 0.15) is 6.10 Å². The summed E-state index contributed by atoms with van der Waals surface area (Å²) in [7, 11) is 0. The van der Waals surface area contributed by atoms with E-state index in [0.29, 0.717) is 6.23 Å². The summed E-state index contributed by atoms with van der Waals surface area (Å²) in [5.41, 5.74) is 0.886. The Hall–Kier alpha value is -1.35. The van der Waals surface area contributed by atoms with E-state index in [4.69, 9.17) is 4.74 Å². The highest BCUT2D eigenvalue weighted by molar-refractivity contribution is 5.84. The lowest BCUT2D eigenvalue weighted by molar-refractivity contribution is -0.123. The fraction of sp³-hybridized carbons (Fsp3) is 0.200. The molecule has 0 radical (unpaired) electrons. The first-order chi connectivity index (χ1) is 6.27. The second-order valence-electron chi connectivity index (χ2n) is 2.95. The molecule has 2 rings (SSSR count). The van der Waals surface area contributed by atoms with Gasteiger partial charge in [-0.2, -0.15) is 0 Å². The number of rotatable bonds is 1. The molecule has 1 unspecified atom stereocenters. The lowest BCUT2D eigenvalue weighted by Gasteiger charge is -2.17. The maximum atomic E-state index is 11.3. The number of carbonyl (C=O) groups excluding carboxylic acids is 1. The molecule has 0 aromatic heterocycles. The molecule has 1 aromatic carbocycles. The summed E-state index contributed by atoms with van der Waals surface area (Å²) in [4.78, 5) is 11.3. The summed E-state index contributed by atoms with van der Waals surface area (Å²) in [5, 5.41) is 2.62. The van der Waals surface area contributed by atoms with Crippen molar-refractivity contribution in [2.75, 3.05) is 0 Å². The summed E-state index contributed by atoms with van der Waals surface area (Å²) < 4.78 is 5.32. The van der Waals surface area contributed by atoms with Gasteiger partial charge in [-0.25, -0.2) is 0 Å². The number of ether oxygens (including phenoxy) is 1. The van der Waals surface area contributed by atoms with Crippen LogP contribution in [-0.2, 0) is 9.53 Å². The van der Waals surface area contributed by atoms with Crippen LogP contribution >= 0.6 is 0 Å². The second kappa shape index (κ2) is 3.18. The lowest BCUT2D eigenvalue weighted by atomic mass is 10.1. The molecule has 1 N–H and O–H groups in total. The maximum Gasteiger partial charge on any atom is 0.224 e. The van der Waals surface area contributed by atoms with E-state index in [2.05, 4.69) is 5.32 Å². The van der Waals surface area contributed by atoms with E-state index < -0.39 is 6.10 Å². The molecule has 0 saturated carbocycles. The summed E-state index contributed by atoms with van der Waals surface area (Å²) in [5.74, 6) is -0.0938. The molecule has 1 aliphatic heterocycles. The summed E-state index contributed by atoms with van der Waals surface area (Å²) in [6, 6.07) is 9.44. The van der Waals surface area contributed by atoms with Crippen molar-refractivity contribution in [2.24, 2.45) is 0 Å². The van der Waals surface area contributed by atoms with Gasteiger partial charge in [0.2, 0.25) is 5.91 Å². The van der Waals surface area contributed by atoms with E-state index in [-0.39, 0.29) is 5.91 Å². The van der Waals surface area contributed by atoms with Gasteiger partial charge < -0.3 is 10.1 Å². The molecule has 68 valence electrons. The van der Waals surface area contributed by atoms with Crippen LogP contribution < -0.4 is 5.32 Å². The molecule has 1 aromatic rings. The SMILES string of the molecule is C[C-]1NC(=O)C(c2ccccc2)O1. The number of benzene rings is 1. The monoisotopic (exact) mass is 176 g/mol. The van der Waals surface area contributed by atoms with Crippen LogP contribution in [0.2, 0.25) is 0 Å². The number of nitrogens with one attached hydrogen (secondary N) is 1. The molecule has 1 aliphatic rings. The largest absolute Gasteiger partial charge is 0.516 e. The zero-order valence-electron chi connectivity index (χ0n) is 7.28. The van der Waals surface area contributed by atoms with E-state index in [9.17, 15) is 4.79 Å². The Balaban J connectivity index is 2.23. The Morgan fingerprint density at radius 3 is 2.62 bits per heavy atom. The first kappa shape index (κ1) is 8.26. The van der Waals surface area contributed by atoms with Gasteiger partial charge in [0.05, 0.1) is 0 Å². The predicted octanol–water partition coefficient (Wildman–Crippen LogP) is 1.38. The van der Waals surface area contributed by atoms with Crippen molar-refractivity contribution in [3.63, 3.8) is 0 Å². The van der Waals surface area contributed by atoms with Crippen LogP contribution in [-0.4, -0.2) is 5.91 Å². The summed E-state index contributed by atoms with van der Waals surface area (Å²) >= 11 is 0. The Morgan fingerprint density at radius 2 is 2.08 bits per heavy atom. The summed E-state index contributed by atoms with van der Waals surface area (Å²) in [6.07, 6.45) is 0.0973. The van der Waals surface area contributed by atoms with Gasteiger partial charge >= 0.3 is 0 Å². The normalized spacial score (nSPS) is 23.2. The fourth-order valence-electron chi connectivity index (χ4n) is 1.35. The minimum absolute atomic E-state index is 0.0938. The smallest absolute Gasteiger partial charge is 0.224 e. The van der Waals surface area contributed by atoms with Gasteiger partial charge in [0.25, 0.3) is 0 Å². The van der Waals surface area contributed by atoms with E-state index in [1.54, 1.807) is 6.92 Å². The van der Waals surface area contributed by atoms with Crippen LogP contribution in [0, 0.1) is 6.23 Å². The van der Waals surface area contributed by atoms with Crippen LogP contribution in [0.15, 0.2) is 30.3 Å². The minimum Gasteiger partial charge on any atom is -0.516 e. The number of hydrogen-bond acceptors (Lipinski definition) is 2. The Kier molecular flexibility index (Phi) is 2.02. The third-order valence-electron chi connectivity index (χ3n) is 1.93. The third kappa shape index (κ3) is 1.55. The molecule has 3 nitrogen and oxygen atoms in total. The standard InChI is InChI=1S/C10H10NO2/c1-7-11-10(12)9(13-7)8-5-3-2-4-6-8/h2-6,9H,1H3,(H,11,12)/q-1. The average molecular weight is 176 g/mol. The summed E-state index contributed by atoms with van der Waals surface area (Å²) in [6.45, 7) is 1.74. The molecule has 3 heteroatoms. The molecule has 0 bridgehead atoms. The molecule has 1 fully saturated rings. The lowest BCUT2D eigenvalue weighted by Crippen LogP contribution is -2.18. The van der Waals surface area contributed by atoms with Gasteiger partial charge in [0, 0.05) is 0 Å². The van der Waals surface area contributed by atoms with Crippen LogP contribution in [0.5, 0.6) is 0 Å². The van der Waals surface area contributed by atoms with Gasteiger partial charge in [0.15, 0.2) is 0 Å². The molecule has 13 heavy (non-hydrogen) atoms. The van der Waals surface area contributed by atoms with Crippen molar-refractivity contribution in [1.29, 1.82) is 0 Å². The average Bonchev–Trinajstić information content (AvgIpc) is 2.47. The Morgan fingerprint density at radius 1 is 1.38 bits per heavy atom. The molecule has 1 heterocycles. The number of carbonyl (C=O) groups is 1. The van der Waals surface area contributed by atoms with E-state index in [0.717, 1.165) is 5.56 Å². The van der Waals surface area contributed by atoms with Gasteiger partial charge in [-0.15, -0.1) is 13.2 Å². The highest BCUT2D eigenvalue weighted by Crippen LogP contribution is 2.25. The first-order valence-corrected chi connectivity index (χ1v) is 4.13. The van der Waals surface area contributed by atoms with Crippen LogP contribution in [0.25, 0.3) is 0 Å². The number of amides is 1. The predicted molar refractivity (Wildman–Crippen MR) is 47.3 cm³/mol. The van der Waals surface area contributed by atoms with Gasteiger partial charge in [-0.05, 0) is 5.56 Å². The van der Waals surface area contributed by atoms with Crippen molar-refractivity contribution in [2.45, 2.75) is 13.0 Å². The zero-order valence-corrected chi connectivity index (χ0v) is 7.28. The molecule has 1 amide bonds. The maximum absolute atomic E-state index is 11.3. The molecular weight excluding hydrogens is 166 g/mol. The highest BCUT2D eigenvalue weighted by atomic mass is 16.5. The third-order valence-corrected chi connectivity index (χ3v) is 1.93. The zero-order chi connectivity index (χ0) is 9.26. The van der Waals surface area contributed by atoms with E-state index in [1.165, 1.54) is 0 Å². The van der Waals surface area contributed by atoms with Gasteiger partial charge in [-0.1, -0.05) is 30.3 Å². The van der Waals surface area contributed by atoms with Crippen LogP contribution in [0.1, 0.15) is 18.6 Å². The quantitative estimate of drug-likeness (QED) is 0.656. The van der Waals surface area contributed by atoms with Crippen molar-refractivity contribution >= 4 is 5.91 Å². The molecule has 0 aliphatic carbocycles. The van der Waals surface area contributed by atoms with Crippen molar-refractivity contribution < 1.29 is 9.53 Å². The van der Waals surface area contributed by atoms with Crippen molar-refractivity contribution in [3.8, 4) is 0 Å². The molecule has 1 atom stereocenters. The fourth-order valence-corrected chi connectivity index (χ4v) is 1.35. The Labute approximate surface area is 76.7 Å². The number of hydrogen-bond donors (Lipinski definition) is 1. The van der Waals surface area contributed by atoms with Crippen LogP contribution in [0.3, 0.4) is 0 Å². The van der Waals surface area contributed by atoms with Gasteiger partial charge in [-0.3, -0.25) is 4.79 Å². The second-order valence-corrected chi connectivity index (χ2v) is 2.95. The van der Waals surface area contributed by atoms with Crippen LogP contribution in [0.4, 0.5) is 0 Å². The molecule has 1 saturated heterocycles. The van der Waals surface area contributed by atoms with E-state index >= 15 is 0 Å². The minimum atomic E-state index is -0.471. The van der Waals surface area contributed by atoms with Crippen molar-refractivity contribution in [1.82, 2.24) is 5.32 Å².